The van der Waals surface area contributed by atoms with Crippen LogP contribution in [-0.2, 0) is 0 Å². The number of hydrogen-bond acceptors (Lipinski definition) is 0. The lowest BCUT2D eigenvalue weighted by Crippen LogP contribution is -2.11. The second kappa shape index (κ2) is 4.45. The summed E-state index contributed by atoms with van der Waals surface area (Å²) in [6, 6.07) is 0. The summed E-state index contributed by atoms with van der Waals surface area (Å²) in [5.74, 6) is 0. The maximum atomic E-state index is 4.16. The molecule has 0 aromatic rings. The molecule has 0 saturated heterocycles. The van der Waals surface area contributed by atoms with Crippen LogP contribution in [0.1, 0.15) is 41.5 Å². The van der Waals surface area contributed by atoms with Crippen LogP contribution in [0.3, 0.4) is 0 Å². The highest BCUT2D eigenvalue weighted by Crippen LogP contribution is 2.32. The fourth-order valence-electron chi connectivity index (χ4n) is 1.20. The highest BCUT2D eigenvalue weighted by molar-refractivity contribution is 5.46. The van der Waals surface area contributed by atoms with Crippen molar-refractivity contribution in [1.29, 1.82) is 0 Å². The van der Waals surface area contributed by atoms with Crippen molar-refractivity contribution in [3.63, 3.8) is 0 Å². The minimum absolute atomic E-state index is 0.159. The van der Waals surface area contributed by atoms with Gasteiger partial charge in [-0.05, 0) is 42.9 Å². The Morgan fingerprint density at radius 1 is 1.08 bits per heavy atom. The minimum Gasteiger partial charge on any atom is -0.0947 e. The molecule has 0 saturated carbocycles. The Morgan fingerprint density at radius 3 is 1.77 bits per heavy atom. The molecule has 0 spiro atoms. The zero-order valence-electron chi connectivity index (χ0n) is 9.86. The minimum atomic E-state index is 0.159. The average molecular weight is 178 g/mol. The Bertz CT molecular complexity index is 244. The molecule has 0 rings (SSSR count). The Kier molecular flexibility index (Phi) is 4.19. The van der Waals surface area contributed by atoms with Crippen LogP contribution in [0.4, 0.5) is 0 Å². The molecule has 0 bridgehead atoms. The fraction of sp³-hybridized carbons (Fsp3) is 0.538. The lowest BCUT2D eigenvalue weighted by atomic mass is 9.80. The van der Waals surface area contributed by atoms with E-state index in [9.17, 15) is 0 Å². The van der Waals surface area contributed by atoms with E-state index in [4.69, 9.17) is 0 Å². The van der Waals surface area contributed by atoms with Gasteiger partial charge in [0.2, 0.25) is 0 Å². The fourth-order valence-corrected chi connectivity index (χ4v) is 1.20. The second-order valence-corrected chi connectivity index (χ2v) is 4.40. The van der Waals surface area contributed by atoms with Crippen molar-refractivity contribution in [1.82, 2.24) is 0 Å². The summed E-state index contributed by atoms with van der Waals surface area (Å²) >= 11 is 0. The predicted octanol–water partition coefficient (Wildman–Crippen LogP) is 4.50. The molecule has 0 N–H and O–H groups in total. The molecule has 74 valence electrons. The maximum Gasteiger partial charge on any atom is -0.0132 e. The molecule has 0 nitrogen and oxygen atoms in total. The molecule has 0 unspecified atom stereocenters. The monoisotopic (exact) mass is 178 g/mol. The van der Waals surface area contributed by atoms with Crippen molar-refractivity contribution < 1.29 is 0 Å². The van der Waals surface area contributed by atoms with E-state index in [2.05, 4.69) is 60.3 Å². The molecule has 0 aromatic carbocycles. The van der Waals surface area contributed by atoms with Gasteiger partial charge in [0.1, 0.15) is 0 Å². The molecule has 0 aliphatic heterocycles. The maximum absolute atomic E-state index is 4.16. The number of allylic oxidation sites excluding steroid dienone is 5. The first kappa shape index (κ1) is 12.2. The van der Waals surface area contributed by atoms with E-state index < -0.39 is 0 Å². The third-order valence-corrected chi connectivity index (χ3v) is 2.38. The van der Waals surface area contributed by atoms with Gasteiger partial charge in [0.05, 0.1) is 0 Å². The molecule has 0 fully saturated rings. The summed E-state index contributed by atoms with van der Waals surface area (Å²) in [6.45, 7) is 17.0. The normalized spacial score (nSPS) is 14.6. The molecule has 0 atom stereocenters. The highest BCUT2D eigenvalue weighted by Gasteiger charge is 2.18. The van der Waals surface area contributed by atoms with Crippen LogP contribution in [0.5, 0.6) is 0 Å². The van der Waals surface area contributed by atoms with E-state index in [0.29, 0.717) is 0 Å². The molecule has 0 radical (unpaired) electrons. The van der Waals surface area contributed by atoms with Crippen LogP contribution in [0.2, 0.25) is 0 Å². The summed E-state index contributed by atoms with van der Waals surface area (Å²) in [5.41, 5.74) is 3.97. The third kappa shape index (κ3) is 3.22. The van der Waals surface area contributed by atoms with Crippen LogP contribution in [-0.4, -0.2) is 0 Å². The summed E-state index contributed by atoms with van der Waals surface area (Å²) in [7, 11) is 0. The lowest BCUT2D eigenvalue weighted by molar-refractivity contribution is 0.513. The van der Waals surface area contributed by atoms with Gasteiger partial charge in [0.15, 0.2) is 0 Å². The van der Waals surface area contributed by atoms with Gasteiger partial charge in [-0.1, -0.05) is 39.5 Å². The van der Waals surface area contributed by atoms with E-state index in [1.54, 1.807) is 0 Å². The standard InChI is InChI=1S/C13H22/c1-8-10(3)12(9-2)11(4)13(5,6)7/h8-9H,4H2,1-3,5-7H3/b10-8-,12-9+. The van der Waals surface area contributed by atoms with Crippen molar-refractivity contribution in [3.05, 3.63) is 35.5 Å². The Labute approximate surface area is 83.0 Å². The summed E-state index contributed by atoms with van der Waals surface area (Å²) < 4.78 is 0. The van der Waals surface area contributed by atoms with Crippen molar-refractivity contribution in [2.75, 3.05) is 0 Å². The van der Waals surface area contributed by atoms with Crippen LogP contribution in [0, 0.1) is 5.41 Å². The molecule has 13 heavy (non-hydrogen) atoms. The van der Waals surface area contributed by atoms with Gasteiger partial charge in [-0.2, -0.15) is 0 Å². The highest BCUT2D eigenvalue weighted by atomic mass is 14.2. The number of hydrogen-bond donors (Lipinski definition) is 0. The SMILES string of the molecule is C=C(C(=C/C)/C(C)=C\C)C(C)(C)C. The Balaban J connectivity index is 4.96. The van der Waals surface area contributed by atoms with Gasteiger partial charge in [-0.3, -0.25) is 0 Å². The third-order valence-electron chi connectivity index (χ3n) is 2.38. The van der Waals surface area contributed by atoms with Gasteiger partial charge in [-0.15, -0.1) is 0 Å². The van der Waals surface area contributed by atoms with Crippen molar-refractivity contribution in [2.24, 2.45) is 5.41 Å². The quantitative estimate of drug-likeness (QED) is 0.546. The molecule has 0 amide bonds. The Morgan fingerprint density at radius 2 is 1.54 bits per heavy atom. The van der Waals surface area contributed by atoms with Gasteiger partial charge in [-0.25, -0.2) is 0 Å². The van der Waals surface area contributed by atoms with Crippen molar-refractivity contribution in [2.45, 2.75) is 41.5 Å². The van der Waals surface area contributed by atoms with E-state index in [1.807, 2.05) is 0 Å². The first-order valence-corrected chi connectivity index (χ1v) is 4.84. The molecule has 0 aliphatic rings. The van der Waals surface area contributed by atoms with E-state index in [1.165, 1.54) is 16.7 Å². The first-order valence-electron chi connectivity index (χ1n) is 4.84. The molecular weight excluding hydrogens is 156 g/mol. The zero-order chi connectivity index (χ0) is 10.6. The van der Waals surface area contributed by atoms with Gasteiger partial charge < -0.3 is 0 Å². The van der Waals surface area contributed by atoms with Crippen LogP contribution in [0.25, 0.3) is 0 Å². The van der Waals surface area contributed by atoms with Crippen LogP contribution in [0.15, 0.2) is 35.5 Å². The van der Waals surface area contributed by atoms with Crippen LogP contribution >= 0.6 is 0 Å². The second-order valence-electron chi connectivity index (χ2n) is 4.40. The van der Waals surface area contributed by atoms with Gasteiger partial charge >= 0.3 is 0 Å². The smallest absolute Gasteiger partial charge is 0.0132 e. The summed E-state index contributed by atoms with van der Waals surface area (Å²) in [5, 5.41) is 0. The van der Waals surface area contributed by atoms with E-state index in [-0.39, 0.29) is 5.41 Å². The lowest BCUT2D eigenvalue weighted by Gasteiger charge is -2.24. The van der Waals surface area contributed by atoms with Gasteiger partial charge in [0, 0.05) is 0 Å². The first-order chi connectivity index (χ1) is 5.84. The van der Waals surface area contributed by atoms with Gasteiger partial charge in [0.25, 0.3) is 0 Å². The molecule has 0 heteroatoms. The van der Waals surface area contributed by atoms with E-state index >= 15 is 0 Å². The molecule has 0 aliphatic carbocycles. The van der Waals surface area contributed by atoms with Crippen LogP contribution < -0.4 is 0 Å². The van der Waals surface area contributed by atoms with E-state index in [0.717, 1.165) is 0 Å². The topological polar surface area (TPSA) is 0 Å². The molecular formula is C13H22. The van der Waals surface area contributed by atoms with Crippen molar-refractivity contribution >= 4 is 0 Å². The molecule has 0 aromatic heterocycles. The average Bonchev–Trinajstić information content (AvgIpc) is 2.03. The van der Waals surface area contributed by atoms with Crippen molar-refractivity contribution in [3.8, 4) is 0 Å². The predicted molar refractivity (Wildman–Crippen MR) is 61.8 cm³/mol. The Hall–Kier alpha value is -0.780. The summed E-state index contributed by atoms with van der Waals surface area (Å²) in [4.78, 5) is 0. The number of rotatable bonds is 2. The zero-order valence-corrected chi connectivity index (χ0v) is 9.86. The molecule has 0 heterocycles. The summed E-state index contributed by atoms with van der Waals surface area (Å²) in [6.07, 6.45) is 4.27. The largest absolute Gasteiger partial charge is 0.0947 e.